The number of nitrogens with zero attached hydrogens (tertiary/aromatic N) is 1. The van der Waals surface area contributed by atoms with E-state index in [1.54, 1.807) is 0 Å². The summed E-state index contributed by atoms with van der Waals surface area (Å²) < 4.78 is 11.6. The number of carbonyl (C=O) groups excluding carboxylic acids is 1. The Morgan fingerprint density at radius 1 is 1.12 bits per heavy atom. The van der Waals surface area contributed by atoms with Crippen molar-refractivity contribution in [3.8, 4) is 5.75 Å². The first-order valence-electron chi connectivity index (χ1n) is 9.98. The van der Waals surface area contributed by atoms with Crippen LogP contribution in [0.2, 0.25) is 0 Å². The van der Waals surface area contributed by atoms with Crippen molar-refractivity contribution in [2.24, 2.45) is 0 Å². The molecule has 1 saturated heterocycles. The zero-order chi connectivity index (χ0) is 18.8. The Morgan fingerprint density at radius 3 is 2.42 bits per heavy atom. The lowest BCUT2D eigenvalue weighted by molar-refractivity contribution is -0.140. The monoisotopic (exact) mass is 362 g/mol. The van der Waals surface area contributed by atoms with Crippen molar-refractivity contribution >= 4 is 11.6 Å². The number of hydrogen-bond acceptors (Lipinski definition) is 4. The molecule has 0 aromatic heterocycles. The third-order valence-electron chi connectivity index (χ3n) is 4.82. The number of nitrogens with one attached hydrogen (secondary N) is 1. The molecule has 1 N–H and O–H groups in total. The van der Waals surface area contributed by atoms with Crippen molar-refractivity contribution in [1.29, 1.82) is 0 Å². The number of benzene rings is 1. The third kappa shape index (κ3) is 6.29. The van der Waals surface area contributed by atoms with Crippen LogP contribution in [0.1, 0.15) is 52.9 Å². The van der Waals surface area contributed by atoms with Gasteiger partial charge in [-0.2, -0.15) is 0 Å². The second-order valence-electron chi connectivity index (χ2n) is 7.21. The number of likely N-dealkylation sites (tertiary alicyclic amines) is 1. The van der Waals surface area contributed by atoms with E-state index in [2.05, 4.69) is 17.1 Å². The zero-order valence-electron chi connectivity index (χ0n) is 16.6. The van der Waals surface area contributed by atoms with Gasteiger partial charge in [-0.3, -0.25) is 9.69 Å². The standard InChI is InChI=1S/C21H34N2O3/c1-4-12-21(3,26-16-5-2)20(24)22-18-8-10-19(11-9-18)25-17-15-23-13-6-7-14-23/h8-11H,4-7,12-17H2,1-3H3,(H,22,24)/t21-/m1/s1. The summed E-state index contributed by atoms with van der Waals surface area (Å²) in [4.78, 5) is 15.1. The zero-order valence-corrected chi connectivity index (χ0v) is 16.6. The molecule has 5 heteroatoms. The van der Waals surface area contributed by atoms with Crippen LogP contribution in [0.3, 0.4) is 0 Å². The van der Waals surface area contributed by atoms with Gasteiger partial charge in [0.15, 0.2) is 0 Å². The Kier molecular flexibility index (Phi) is 8.39. The van der Waals surface area contributed by atoms with Crippen LogP contribution in [0, 0.1) is 0 Å². The van der Waals surface area contributed by atoms with E-state index in [-0.39, 0.29) is 5.91 Å². The number of rotatable bonds is 11. The second kappa shape index (κ2) is 10.5. The van der Waals surface area contributed by atoms with Crippen LogP contribution < -0.4 is 10.1 Å². The summed E-state index contributed by atoms with van der Waals surface area (Å²) in [6.45, 7) is 10.6. The molecule has 1 fully saturated rings. The smallest absolute Gasteiger partial charge is 0.256 e. The molecule has 0 spiro atoms. The molecule has 0 unspecified atom stereocenters. The Balaban J connectivity index is 1.83. The molecule has 1 aliphatic heterocycles. The fourth-order valence-corrected chi connectivity index (χ4v) is 3.25. The molecule has 146 valence electrons. The maximum Gasteiger partial charge on any atom is 0.256 e. The van der Waals surface area contributed by atoms with Gasteiger partial charge in [-0.15, -0.1) is 0 Å². The highest BCUT2D eigenvalue weighted by Crippen LogP contribution is 2.22. The van der Waals surface area contributed by atoms with E-state index < -0.39 is 5.60 Å². The SMILES string of the molecule is CCCO[C@](C)(CCC)C(=O)Nc1ccc(OCCN2CCCC2)cc1. The van der Waals surface area contributed by atoms with E-state index >= 15 is 0 Å². The van der Waals surface area contributed by atoms with Gasteiger partial charge in [0.1, 0.15) is 18.0 Å². The molecule has 1 heterocycles. The van der Waals surface area contributed by atoms with Crippen LogP contribution in [0.15, 0.2) is 24.3 Å². The van der Waals surface area contributed by atoms with Crippen molar-refractivity contribution in [2.75, 3.05) is 38.2 Å². The normalized spacial score (nSPS) is 17.0. The number of carbonyl (C=O) groups is 1. The van der Waals surface area contributed by atoms with Crippen molar-refractivity contribution in [3.63, 3.8) is 0 Å². The molecule has 5 nitrogen and oxygen atoms in total. The highest BCUT2D eigenvalue weighted by molar-refractivity contribution is 5.97. The van der Waals surface area contributed by atoms with Gasteiger partial charge in [0.2, 0.25) is 0 Å². The molecule has 0 bridgehead atoms. The predicted molar refractivity (Wildman–Crippen MR) is 106 cm³/mol. The molecule has 2 rings (SSSR count). The third-order valence-corrected chi connectivity index (χ3v) is 4.82. The molecule has 1 aliphatic rings. The van der Waals surface area contributed by atoms with Crippen LogP contribution in [0.5, 0.6) is 5.75 Å². The molecule has 0 aliphatic carbocycles. The highest BCUT2D eigenvalue weighted by atomic mass is 16.5. The molecule has 0 saturated carbocycles. The van der Waals surface area contributed by atoms with E-state index in [4.69, 9.17) is 9.47 Å². The van der Waals surface area contributed by atoms with E-state index in [0.29, 0.717) is 19.6 Å². The number of ether oxygens (including phenoxy) is 2. The quantitative estimate of drug-likeness (QED) is 0.644. The summed E-state index contributed by atoms with van der Waals surface area (Å²) in [6.07, 6.45) is 5.10. The van der Waals surface area contributed by atoms with E-state index in [0.717, 1.165) is 30.8 Å². The van der Waals surface area contributed by atoms with Crippen LogP contribution in [-0.4, -0.2) is 49.3 Å². The topological polar surface area (TPSA) is 50.8 Å². The molecule has 1 atom stereocenters. The molecule has 0 radical (unpaired) electrons. The highest BCUT2D eigenvalue weighted by Gasteiger charge is 2.33. The van der Waals surface area contributed by atoms with E-state index in [1.807, 2.05) is 38.1 Å². The summed E-state index contributed by atoms with van der Waals surface area (Å²) in [5.74, 6) is 0.747. The summed E-state index contributed by atoms with van der Waals surface area (Å²) in [6, 6.07) is 7.58. The van der Waals surface area contributed by atoms with Crippen LogP contribution in [0.25, 0.3) is 0 Å². The van der Waals surface area contributed by atoms with Crippen molar-refractivity contribution in [1.82, 2.24) is 4.90 Å². The van der Waals surface area contributed by atoms with Gasteiger partial charge in [-0.1, -0.05) is 20.3 Å². The number of anilines is 1. The van der Waals surface area contributed by atoms with Gasteiger partial charge in [0.05, 0.1) is 0 Å². The first-order chi connectivity index (χ1) is 12.6. The predicted octanol–water partition coefficient (Wildman–Crippen LogP) is 4.09. The maximum absolute atomic E-state index is 12.7. The first-order valence-corrected chi connectivity index (χ1v) is 9.98. The minimum absolute atomic E-state index is 0.0875. The minimum atomic E-state index is -0.782. The fourth-order valence-electron chi connectivity index (χ4n) is 3.25. The van der Waals surface area contributed by atoms with E-state index in [9.17, 15) is 4.79 Å². The summed E-state index contributed by atoms with van der Waals surface area (Å²) >= 11 is 0. The maximum atomic E-state index is 12.7. The molecule has 26 heavy (non-hydrogen) atoms. The summed E-state index contributed by atoms with van der Waals surface area (Å²) in [7, 11) is 0. The Labute approximate surface area is 158 Å². The van der Waals surface area contributed by atoms with Crippen molar-refractivity contribution in [3.05, 3.63) is 24.3 Å². The lowest BCUT2D eigenvalue weighted by Crippen LogP contribution is -2.43. The van der Waals surface area contributed by atoms with Crippen LogP contribution in [0.4, 0.5) is 5.69 Å². The first kappa shape index (κ1) is 20.7. The van der Waals surface area contributed by atoms with Gasteiger partial charge >= 0.3 is 0 Å². The van der Waals surface area contributed by atoms with Gasteiger partial charge < -0.3 is 14.8 Å². The van der Waals surface area contributed by atoms with E-state index in [1.165, 1.54) is 25.9 Å². The summed E-state index contributed by atoms with van der Waals surface area (Å²) in [5.41, 5.74) is -0.0142. The number of hydrogen-bond donors (Lipinski definition) is 1. The van der Waals surface area contributed by atoms with Gasteiger partial charge in [-0.05, 0) is 70.0 Å². The number of amides is 1. The summed E-state index contributed by atoms with van der Waals surface area (Å²) in [5, 5.41) is 2.98. The molecular formula is C21H34N2O3. The average Bonchev–Trinajstić information content (AvgIpc) is 3.15. The Bertz CT molecular complexity index is 541. The minimum Gasteiger partial charge on any atom is -0.492 e. The lowest BCUT2D eigenvalue weighted by Gasteiger charge is -2.28. The van der Waals surface area contributed by atoms with Gasteiger partial charge in [0.25, 0.3) is 5.91 Å². The van der Waals surface area contributed by atoms with Gasteiger partial charge in [-0.25, -0.2) is 0 Å². The Morgan fingerprint density at radius 2 is 1.81 bits per heavy atom. The van der Waals surface area contributed by atoms with Crippen molar-refractivity contribution < 1.29 is 14.3 Å². The largest absolute Gasteiger partial charge is 0.492 e. The lowest BCUT2D eigenvalue weighted by atomic mass is 9.99. The fraction of sp³-hybridized carbons (Fsp3) is 0.667. The molecular weight excluding hydrogens is 328 g/mol. The Hall–Kier alpha value is -1.59. The van der Waals surface area contributed by atoms with Crippen LogP contribution >= 0.6 is 0 Å². The molecule has 1 amide bonds. The molecule has 1 aromatic rings. The van der Waals surface area contributed by atoms with Crippen LogP contribution in [-0.2, 0) is 9.53 Å². The second-order valence-corrected chi connectivity index (χ2v) is 7.21. The van der Waals surface area contributed by atoms with Gasteiger partial charge in [0, 0.05) is 18.8 Å². The van der Waals surface area contributed by atoms with Crippen molar-refractivity contribution in [2.45, 2.75) is 58.5 Å². The molecule has 1 aromatic carbocycles. The average molecular weight is 363 g/mol.